The van der Waals surface area contributed by atoms with Crippen molar-refractivity contribution in [2.24, 2.45) is 0 Å². The zero-order chi connectivity index (χ0) is 12.8. The fourth-order valence-electron chi connectivity index (χ4n) is 1.51. The van der Waals surface area contributed by atoms with Crippen LogP contribution in [0.5, 0.6) is 0 Å². The Morgan fingerprint density at radius 2 is 2.06 bits per heavy atom. The van der Waals surface area contributed by atoms with Crippen LogP contribution in [-0.4, -0.2) is 53.4 Å². The number of carbonyl (C=O) groups is 2. The summed E-state index contributed by atoms with van der Waals surface area (Å²) >= 11 is 1.61. The number of likely N-dealkylation sites (N-methyl/N-ethyl adjacent to an activating group) is 1. The number of thioether (sulfide) groups is 1. The van der Waals surface area contributed by atoms with Crippen molar-refractivity contribution in [2.45, 2.75) is 13.0 Å². The summed E-state index contributed by atoms with van der Waals surface area (Å²) in [6, 6.07) is -0.322. The predicted octanol–water partition coefficient (Wildman–Crippen LogP) is 1.11. The van der Waals surface area contributed by atoms with Crippen LogP contribution in [0.1, 0.15) is 6.92 Å². The number of hydrogen-bond donors (Lipinski definition) is 0. The summed E-state index contributed by atoms with van der Waals surface area (Å²) in [5.74, 6) is 1.15. The molecule has 1 atom stereocenters. The molecule has 0 bridgehead atoms. The molecule has 1 rings (SSSR count). The first-order chi connectivity index (χ1) is 8.07. The van der Waals surface area contributed by atoms with Gasteiger partial charge in [0.2, 0.25) is 11.8 Å². The number of allylic oxidation sites excluding steroid dienone is 3. The Kier molecular flexibility index (Phi) is 5.28. The zero-order valence-corrected chi connectivity index (χ0v) is 11.2. The van der Waals surface area contributed by atoms with Crippen molar-refractivity contribution in [3.05, 3.63) is 24.3 Å². The van der Waals surface area contributed by atoms with E-state index in [2.05, 4.69) is 0 Å². The van der Waals surface area contributed by atoms with Crippen LogP contribution >= 0.6 is 11.8 Å². The maximum absolute atomic E-state index is 11.9. The average Bonchev–Trinajstić information content (AvgIpc) is 2.76. The Morgan fingerprint density at radius 1 is 1.35 bits per heavy atom. The molecular weight excluding hydrogens is 236 g/mol. The van der Waals surface area contributed by atoms with Gasteiger partial charge in [-0.15, -0.1) is 11.8 Å². The molecule has 5 heteroatoms. The molecule has 0 aromatic heterocycles. The van der Waals surface area contributed by atoms with Gasteiger partial charge in [0.25, 0.3) is 0 Å². The normalized spacial score (nSPS) is 20.4. The number of carbonyl (C=O) groups excluding carboxylic acids is 2. The molecule has 94 valence electrons. The first-order valence-electron chi connectivity index (χ1n) is 5.46. The van der Waals surface area contributed by atoms with Crippen LogP contribution in [0.25, 0.3) is 0 Å². The summed E-state index contributed by atoms with van der Waals surface area (Å²) in [6.07, 6.45) is 6.85. The van der Waals surface area contributed by atoms with E-state index in [9.17, 15) is 9.59 Å². The van der Waals surface area contributed by atoms with Gasteiger partial charge in [0, 0.05) is 25.9 Å². The third kappa shape index (κ3) is 3.63. The van der Waals surface area contributed by atoms with Crippen LogP contribution in [-0.2, 0) is 9.59 Å². The van der Waals surface area contributed by atoms with Crippen LogP contribution in [0.3, 0.4) is 0 Å². The SMILES string of the molecule is C/C=C/C=C/C(=O)N1CSCC1C(=O)N(C)C. The highest BCUT2D eigenvalue weighted by Crippen LogP contribution is 2.22. The Labute approximate surface area is 106 Å². The maximum atomic E-state index is 11.9. The quantitative estimate of drug-likeness (QED) is 0.559. The highest BCUT2D eigenvalue weighted by atomic mass is 32.2. The third-order valence-corrected chi connectivity index (χ3v) is 3.45. The lowest BCUT2D eigenvalue weighted by Crippen LogP contribution is -2.46. The Bertz CT molecular complexity index is 350. The van der Waals surface area contributed by atoms with Gasteiger partial charge >= 0.3 is 0 Å². The largest absolute Gasteiger partial charge is 0.347 e. The van der Waals surface area contributed by atoms with Gasteiger partial charge in [-0.2, -0.15) is 0 Å². The lowest BCUT2D eigenvalue weighted by Gasteiger charge is -2.24. The molecule has 1 unspecified atom stereocenters. The molecule has 17 heavy (non-hydrogen) atoms. The Morgan fingerprint density at radius 3 is 2.65 bits per heavy atom. The van der Waals surface area contributed by atoms with Gasteiger partial charge in [-0.05, 0) is 6.92 Å². The van der Waals surface area contributed by atoms with Gasteiger partial charge in [-0.1, -0.05) is 18.2 Å². The molecule has 0 aromatic carbocycles. The van der Waals surface area contributed by atoms with Crippen LogP contribution in [0.4, 0.5) is 0 Å². The minimum atomic E-state index is -0.322. The summed E-state index contributed by atoms with van der Waals surface area (Å²) in [7, 11) is 3.42. The Balaban J connectivity index is 2.69. The number of amides is 2. The molecule has 0 N–H and O–H groups in total. The van der Waals surface area contributed by atoms with Crippen LogP contribution < -0.4 is 0 Å². The minimum Gasteiger partial charge on any atom is -0.347 e. The van der Waals surface area contributed by atoms with Gasteiger partial charge in [-0.3, -0.25) is 9.59 Å². The molecule has 1 aliphatic rings. The second-order valence-corrected chi connectivity index (χ2v) is 4.94. The van der Waals surface area contributed by atoms with Crippen molar-refractivity contribution in [3.8, 4) is 0 Å². The van der Waals surface area contributed by atoms with E-state index in [0.717, 1.165) is 0 Å². The van der Waals surface area contributed by atoms with E-state index in [4.69, 9.17) is 0 Å². The molecule has 1 saturated heterocycles. The van der Waals surface area contributed by atoms with Gasteiger partial charge in [0.05, 0.1) is 5.88 Å². The number of nitrogens with zero attached hydrogens (tertiary/aromatic N) is 2. The molecule has 0 aromatic rings. The molecule has 1 fully saturated rings. The van der Waals surface area contributed by atoms with Crippen molar-refractivity contribution in [2.75, 3.05) is 25.7 Å². The van der Waals surface area contributed by atoms with Crippen molar-refractivity contribution in [1.82, 2.24) is 9.80 Å². The van der Waals surface area contributed by atoms with Gasteiger partial charge < -0.3 is 9.80 Å². The average molecular weight is 254 g/mol. The van der Waals surface area contributed by atoms with E-state index in [1.54, 1.807) is 42.9 Å². The van der Waals surface area contributed by atoms with E-state index in [0.29, 0.717) is 11.6 Å². The number of hydrogen-bond acceptors (Lipinski definition) is 3. The van der Waals surface area contributed by atoms with Crippen molar-refractivity contribution in [3.63, 3.8) is 0 Å². The third-order valence-electron chi connectivity index (χ3n) is 2.43. The summed E-state index contributed by atoms with van der Waals surface area (Å²) in [5.41, 5.74) is 0. The molecule has 1 heterocycles. The summed E-state index contributed by atoms with van der Waals surface area (Å²) in [5, 5.41) is 0. The number of rotatable bonds is 3. The molecule has 4 nitrogen and oxygen atoms in total. The Hall–Kier alpha value is -1.23. The van der Waals surface area contributed by atoms with Crippen molar-refractivity contribution < 1.29 is 9.59 Å². The first kappa shape index (κ1) is 13.8. The van der Waals surface area contributed by atoms with Crippen LogP contribution in [0.2, 0.25) is 0 Å². The van der Waals surface area contributed by atoms with Gasteiger partial charge in [0.1, 0.15) is 6.04 Å². The van der Waals surface area contributed by atoms with Gasteiger partial charge in [-0.25, -0.2) is 0 Å². The highest BCUT2D eigenvalue weighted by molar-refractivity contribution is 7.99. The predicted molar refractivity (Wildman–Crippen MR) is 70.6 cm³/mol. The van der Waals surface area contributed by atoms with E-state index in [1.165, 1.54) is 11.0 Å². The standard InChI is InChI=1S/C12H18N2O2S/c1-4-5-6-7-11(15)14-9-17-8-10(14)12(16)13(2)3/h4-7,10H,8-9H2,1-3H3/b5-4+,7-6+. The molecule has 0 aliphatic carbocycles. The first-order valence-corrected chi connectivity index (χ1v) is 6.62. The van der Waals surface area contributed by atoms with E-state index in [-0.39, 0.29) is 17.9 Å². The van der Waals surface area contributed by atoms with Crippen LogP contribution in [0.15, 0.2) is 24.3 Å². The van der Waals surface area contributed by atoms with Crippen molar-refractivity contribution in [1.29, 1.82) is 0 Å². The monoisotopic (exact) mass is 254 g/mol. The summed E-state index contributed by atoms with van der Waals surface area (Å²) in [6.45, 7) is 1.89. The fourth-order valence-corrected chi connectivity index (χ4v) is 2.66. The molecule has 0 radical (unpaired) electrons. The van der Waals surface area contributed by atoms with E-state index < -0.39 is 0 Å². The molecule has 0 spiro atoms. The molecule has 2 amide bonds. The lowest BCUT2D eigenvalue weighted by atomic mass is 10.2. The minimum absolute atomic E-state index is 0.0113. The summed E-state index contributed by atoms with van der Waals surface area (Å²) in [4.78, 5) is 26.9. The lowest BCUT2D eigenvalue weighted by molar-refractivity contribution is -0.139. The smallest absolute Gasteiger partial charge is 0.247 e. The van der Waals surface area contributed by atoms with Gasteiger partial charge in [0.15, 0.2) is 0 Å². The van der Waals surface area contributed by atoms with E-state index >= 15 is 0 Å². The molecular formula is C12H18N2O2S. The topological polar surface area (TPSA) is 40.6 Å². The summed E-state index contributed by atoms with van der Waals surface area (Å²) < 4.78 is 0. The molecule has 1 aliphatic heterocycles. The zero-order valence-electron chi connectivity index (χ0n) is 10.4. The highest BCUT2D eigenvalue weighted by Gasteiger charge is 2.34. The second kappa shape index (κ2) is 6.49. The fraction of sp³-hybridized carbons (Fsp3) is 0.500. The van der Waals surface area contributed by atoms with Crippen molar-refractivity contribution >= 4 is 23.6 Å². The second-order valence-electron chi connectivity index (χ2n) is 3.94. The molecule has 0 saturated carbocycles. The van der Waals surface area contributed by atoms with Crippen LogP contribution in [0, 0.1) is 0 Å². The maximum Gasteiger partial charge on any atom is 0.247 e. The van der Waals surface area contributed by atoms with E-state index in [1.807, 2.05) is 13.0 Å².